The molecule has 0 heterocycles. The Kier molecular flexibility index (Phi) is 3.47. The predicted molar refractivity (Wildman–Crippen MR) is 44.5 cm³/mol. The summed E-state index contributed by atoms with van der Waals surface area (Å²) in [5.41, 5.74) is 1.25. The van der Waals surface area contributed by atoms with E-state index in [0.29, 0.717) is 0 Å². The highest BCUT2D eigenvalue weighted by atomic mass is 31.2. The molecule has 0 bridgehead atoms. The number of phosphoric ester groups is 1. The first-order valence-corrected chi connectivity index (χ1v) is 5.49. The second-order valence-electron chi connectivity index (χ2n) is 2.86. The average molecular weight is 192 g/mol. The van der Waals surface area contributed by atoms with Gasteiger partial charge in [0.05, 0.1) is 6.61 Å². The van der Waals surface area contributed by atoms with Crippen LogP contribution in [-0.2, 0) is 9.09 Å². The molecule has 0 atom stereocenters. The summed E-state index contributed by atoms with van der Waals surface area (Å²) in [6, 6.07) is 0. The normalized spacial score (nSPS) is 18.3. The highest BCUT2D eigenvalue weighted by Crippen LogP contribution is 2.35. The van der Waals surface area contributed by atoms with Crippen molar-refractivity contribution < 1.29 is 18.9 Å². The fourth-order valence-corrected chi connectivity index (χ4v) is 1.55. The number of rotatable bonds is 3. The topological polar surface area (TPSA) is 66.8 Å². The third-order valence-corrected chi connectivity index (χ3v) is 2.35. The van der Waals surface area contributed by atoms with Crippen LogP contribution in [0.25, 0.3) is 0 Å². The number of allylic oxidation sites excluding steroid dienone is 1. The van der Waals surface area contributed by atoms with Gasteiger partial charge in [-0.05, 0) is 25.7 Å². The van der Waals surface area contributed by atoms with Crippen molar-refractivity contribution >= 4 is 7.82 Å². The highest BCUT2D eigenvalue weighted by Gasteiger charge is 2.12. The van der Waals surface area contributed by atoms with Crippen LogP contribution in [0.1, 0.15) is 25.7 Å². The maximum Gasteiger partial charge on any atom is 0.469 e. The standard InChI is InChI=1S/C7H13O4P/c8-12(9,10)11-6-5-7-3-1-2-4-7/h5H,1-4,6H2,(H2,8,9,10). The quantitative estimate of drug-likeness (QED) is 0.526. The molecule has 1 saturated carbocycles. The Morgan fingerprint density at radius 2 is 2.00 bits per heavy atom. The molecule has 0 amide bonds. The summed E-state index contributed by atoms with van der Waals surface area (Å²) < 4.78 is 14.5. The van der Waals surface area contributed by atoms with Crippen LogP contribution in [0, 0.1) is 0 Å². The van der Waals surface area contributed by atoms with E-state index in [4.69, 9.17) is 9.79 Å². The lowest BCUT2D eigenvalue weighted by Crippen LogP contribution is -1.89. The molecule has 12 heavy (non-hydrogen) atoms. The molecule has 0 aliphatic heterocycles. The molecular weight excluding hydrogens is 179 g/mol. The third kappa shape index (κ3) is 4.02. The minimum atomic E-state index is -4.27. The van der Waals surface area contributed by atoms with Crippen LogP contribution in [0.15, 0.2) is 11.6 Å². The summed E-state index contributed by atoms with van der Waals surface area (Å²) in [5.74, 6) is 0. The number of hydrogen-bond acceptors (Lipinski definition) is 2. The van der Waals surface area contributed by atoms with Crippen LogP contribution in [-0.4, -0.2) is 16.4 Å². The van der Waals surface area contributed by atoms with E-state index in [0.717, 1.165) is 12.8 Å². The van der Waals surface area contributed by atoms with E-state index in [1.807, 2.05) is 0 Å². The van der Waals surface area contributed by atoms with Crippen LogP contribution in [0.4, 0.5) is 0 Å². The van der Waals surface area contributed by atoms with Crippen molar-refractivity contribution in [3.8, 4) is 0 Å². The van der Waals surface area contributed by atoms with Gasteiger partial charge in [-0.2, -0.15) is 0 Å². The lowest BCUT2D eigenvalue weighted by Gasteiger charge is -2.01. The van der Waals surface area contributed by atoms with Gasteiger partial charge in [-0.25, -0.2) is 4.57 Å². The zero-order valence-electron chi connectivity index (χ0n) is 6.77. The fraction of sp³-hybridized carbons (Fsp3) is 0.714. The summed E-state index contributed by atoms with van der Waals surface area (Å²) in [6.07, 6.45) is 6.23. The predicted octanol–water partition coefficient (Wildman–Crippen LogP) is 1.60. The van der Waals surface area contributed by atoms with Gasteiger partial charge < -0.3 is 9.79 Å². The molecule has 2 N–H and O–H groups in total. The van der Waals surface area contributed by atoms with Crippen molar-refractivity contribution in [3.63, 3.8) is 0 Å². The zero-order valence-corrected chi connectivity index (χ0v) is 7.67. The van der Waals surface area contributed by atoms with Crippen molar-refractivity contribution in [1.29, 1.82) is 0 Å². The fourth-order valence-electron chi connectivity index (χ4n) is 1.29. The van der Waals surface area contributed by atoms with E-state index >= 15 is 0 Å². The Labute approximate surface area is 71.5 Å². The van der Waals surface area contributed by atoms with Gasteiger partial charge in [0.15, 0.2) is 0 Å². The van der Waals surface area contributed by atoms with E-state index in [9.17, 15) is 4.57 Å². The summed E-state index contributed by atoms with van der Waals surface area (Å²) >= 11 is 0. The molecular formula is C7H13O4P. The number of phosphoric acid groups is 1. The molecule has 1 fully saturated rings. The molecule has 1 aliphatic carbocycles. The Bertz CT molecular complexity index is 209. The van der Waals surface area contributed by atoms with E-state index in [-0.39, 0.29) is 6.61 Å². The lowest BCUT2D eigenvalue weighted by molar-refractivity contribution is 0.215. The van der Waals surface area contributed by atoms with Crippen molar-refractivity contribution in [2.75, 3.05) is 6.61 Å². The first-order chi connectivity index (χ1) is 5.58. The van der Waals surface area contributed by atoms with Crippen LogP contribution < -0.4 is 0 Å². The first-order valence-electron chi connectivity index (χ1n) is 3.96. The molecule has 0 aromatic heterocycles. The molecule has 4 nitrogen and oxygen atoms in total. The molecule has 0 spiro atoms. The minimum absolute atomic E-state index is 0.0274. The maximum atomic E-state index is 10.2. The summed E-state index contributed by atoms with van der Waals surface area (Å²) in [6.45, 7) is 0.0274. The maximum absolute atomic E-state index is 10.2. The van der Waals surface area contributed by atoms with Gasteiger partial charge in [-0.1, -0.05) is 11.6 Å². The van der Waals surface area contributed by atoms with Crippen molar-refractivity contribution in [1.82, 2.24) is 0 Å². The van der Waals surface area contributed by atoms with E-state index in [1.54, 1.807) is 6.08 Å². The molecule has 0 radical (unpaired) electrons. The molecule has 1 aliphatic rings. The van der Waals surface area contributed by atoms with E-state index in [2.05, 4.69) is 4.52 Å². The van der Waals surface area contributed by atoms with Gasteiger partial charge in [0.1, 0.15) is 0 Å². The summed E-state index contributed by atoms with van der Waals surface area (Å²) in [4.78, 5) is 16.7. The Balaban J connectivity index is 2.25. The molecule has 0 unspecified atom stereocenters. The molecule has 70 valence electrons. The van der Waals surface area contributed by atoms with Gasteiger partial charge >= 0.3 is 7.82 Å². The largest absolute Gasteiger partial charge is 0.469 e. The summed E-state index contributed by atoms with van der Waals surface area (Å²) in [7, 11) is -4.27. The monoisotopic (exact) mass is 192 g/mol. The van der Waals surface area contributed by atoms with Crippen LogP contribution >= 0.6 is 7.82 Å². The van der Waals surface area contributed by atoms with Crippen molar-refractivity contribution in [2.24, 2.45) is 0 Å². The van der Waals surface area contributed by atoms with Gasteiger partial charge in [0.2, 0.25) is 0 Å². The van der Waals surface area contributed by atoms with E-state index < -0.39 is 7.82 Å². The average Bonchev–Trinajstić information content (AvgIpc) is 2.36. The van der Waals surface area contributed by atoms with Crippen LogP contribution in [0.3, 0.4) is 0 Å². The van der Waals surface area contributed by atoms with Gasteiger partial charge in [0.25, 0.3) is 0 Å². The van der Waals surface area contributed by atoms with E-state index in [1.165, 1.54) is 18.4 Å². The molecule has 0 aromatic rings. The molecule has 0 saturated heterocycles. The second kappa shape index (κ2) is 4.19. The van der Waals surface area contributed by atoms with Gasteiger partial charge in [-0.15, -0.1) is 0 Å². The van der Waals surface area contributed by atoms with Crippen molar-refractivity contribution in [3.05, 3.63) is 11.6 Å². The highest BCUT2D eigenvalue weighted by molar-refractivity contribution is 7.46. The third-order valence-electron chi connectivity index (χ3n) is 1.86. The first kappa shape index (κ1) is 9.93. The number of hydrogen-bond donors (Lipinski definition) is 2. The Morgan fingerprint density at radius 3 is 2.50 bits per heavy atom. The van der Waals surface area contributed by atoms with Crippen LogP contribution in [0.2, 0.25) is 0 Å². The van der Waals surface area contributed by atoms with Gasteiger partial charge in [0, 0.05) is 0 Å². The second-order valence-corrected chi connectivity index (χ2v) is 4.10. The molecule has 1 rings (SSSR count). The smallest absolute Gasteiger partial charge is 0.303 e. The SMILES string of the molecule is O=P(O)(O)OCC=C1CCCC1. The Morgan fingerprint density at radius 1 is 1.42 bits per heavy atom. The molecule has 5 heteroatoms. The van der Waals surface area contributed by atoms with Crippen LogP contribution in [0.5, 0.6) is 0 Å². The van der Waals surface area contributed by atoms with Gasteiger partial charge in [-0.3, -0.25) is 4.52 Å². The lowest BCUT2D eigenvalue weighted by atomic mass is 10.2. The minimum Gasteiger partial charge on any atom is -0.303 e. The van der Waals surface area contributed by atoms with Crippen molar-refractivity contribution in [2.45, 2.75) is 25.7 Å². The summed E-state index contributed by atoms with van der Waals surface area (Å²) in [5, 5.41) is 0. The Hall–Kier alpha value is -0.150. The molecule has 0 aromatic carbocycles. The zero-order chi connectivity index (χ0) is 9.03.